The van der Waals surface area contributed by atoms with Crippen molar-refractivity contribution in [2.45, 2.75) is 52.6 Å². The summed E-state index contributed by atoms with van der Waals surface area (Å²) in [5, 5.41) is 6.93. The zero-order valence-corrected chi connectivity index (χ0v) is 14.6. The van der Waals surface area contributed by atoms with E-state index in [1.807, 2.05) is 13.8 Å². The number of carbonyl (C=O) groups excluding carboxylic acids is 1. The highest BCUT2D eigenvalue weighted by Crippen LogP contribution is 2.24. The maximum absolute atomic E-state index is 12.8. The second kappa shape index (κ2) is 7.18. The van der Waals surface area contributed by atoms with Gasteiger partial charge in [0.25, 0.3) is 0 Å². The van der Waals surface area contributed by atoms with E-state index in [-0.39, 0.29) is 11.9 Å². The highest BCUT2D eigenvalue weighted by atomic mass is 16.5. The molecule has 0 bridgehead atoms. The number of hydrogen-bond acceptors (Lipinski definition) is 4. The van der Waals surface area contributed by atoms with Gasteiger partial charge in [-0.05, 0) is 45.7 Å². The van der Waals surface area contributed by atoms with Crippen molar-refractivity contribution in [2.75, 3.05) is 11.9 Å². The number of benzene rings is 1. The van der Waals surface area contributed by atoms with Crippen LogP contribution < -0.4 is 5.32 Å². The lowest BCUT2D eigenvalue weighted by Gasteiger charge is -2.34. The molecule has 5 nitrogen and oxygen atoms in total. The third kappa shape index (κ3) is 3.67. The molecule has 1 atom stereocenters. The molecule has 0 aliphatic carbocycles. The van der Waals surface area contributed by atoms with Crippen LogP contribution in [0.1, 0.15) is 41.8 Å². The molecule has 2 heterocycles. The molecule has 3 rings (SSSR count). The minimum atomic E-state index is -0.104. The summed E-state index contributed by atoms with van der Waals surface area (Å²) in [7, 11) is 0. The largest absolute Gasteiger partial charge is 0.359 e. The van der Waals surface area contributed by atoms with Crippen LogP contribution in [0.25, 0.3) is 0 Å². The van der Waals surface area contributed by atoms with Gasteiger partial charge < -0.3 is 9.84 Å². The minimum absolute atomic E-state index is 0.0387. The normalized spacial score (nSPS) is 18.5. The zero-order chi connectivity index (χ0) is 17.1. The van der Waals surface area contributed by atoms with Gasteiger partial charge in [0.05, 0.1) is 6.04 Å². The number of aromatic nitrogens is 1. The van der Waals surface area contributed by atoms with Crippen molar-refractivity contribution >= 4 is 11.6 Å². The van der Waals surface area contributed by atoms with Gasteiger partial charge in [-0.3, -0.25) is 9.69 Å². The van der Waals surface area contributed by atoms with Crippen molar-refractivity contribution in [3.8, 4) is 0 Å². The molecule has 1 amide bonds. The molecule has 1 N–H and O–H groups in total. The number of nitrogens with zero attached hydrogens (tertiary/aromatic N) is 2. The Kier molecular flexibility index (Phi) is 5.00. The number of anilines is 1. The summed E-state index contributed by atoms with van der Waals surface area (Å²) < 4.78 is 5.14. The highest BCUT2D eigenvalue weighted by Gasteiger charge is 2.29. The number of rotatable bonds is 4. The van der Waals surface area contributed by atoms with E-state index < -0.39 is 0 Å². The lowest BCUT2D eigenvalue weighted by Crippen LogP contribution is -2.46. The smallest absolute Gasteiger partial charge is 0.241 e. The van der Waals surface area contributed by atoms with Gasteiger partial charge in [-0.1, -0.05) is 41.4 Å². The average molecular weight is 327 g/mol. The predicted molar refractivity (Wildman–Crippen MR) is 93.8 cm³/mol. The van der Waals surface area contributed by atoms with Crippen molar-refractivity contribution in [2.24, 2.45) is 0 Å². The molecule has 0 spiro atoms. The third-order valence-corrected chi connectivity index (χ3v) is 4.67. The van der Waals surface area contributed by atoms with E-state index in [4.69, 9.17) is 4.52 Å². The summed E-state index contributed by atoms with van der Waals surface area (Å²) in [5.74, 6) is 0.693. The minimum Gasteiger partial charge on any atom is -0.359 e. The number of amides is 1. The molecule has 1 aliphatic rings. The van der Waals surface area contributed by atoms with Crippen LogP contribution in [-0.2, 0) is 11.3 Å². The lowest BCUT2D eigenvalue weighted by atomic mass is 10.00. The fraction of sp³-hybridized carbons (Fsp3) is 0.474. The summed E-state index contributed by atoms with van der Waals surface area (Å²) in [6, 6.07) is 8.39. The van der Waals surface area contributed by atoms with E-state index in [9.17, 15) is 4.79 Å². The number of piperidine rings is 1. The molecule has 0 radical (unpaired) electrons. The molecule has 0 saturated carbocycles. The van der Waals surface area contributed by atoms with Crippen molar-refractivity contribution in [1.29, 1.82) is 0 Å². The molecule has 5 heteroatoms. The summed E-state index contributed by atoms with van der Waals surface area (Å²) in [6.07, 6.45) is 3.12. The fourth-order valence-corrected chi connectivity index (χ4v) is 3.39. The molecule has 1 aromatic carbocycles. The summed E-state index contributed by atoms with van der Waals surface area (Å²) in [5.41, 5.74) is 3.94. The summed E-state index contributed by atoms with van der Waals surface area (Å²) in [4.78, 5) is 15.1. The van der Waals surface area contributed by atoms with E-state index in [0.29, 0.717) is 11.4 Å². The molecule has 1 unspecified atom stereocenters. The first-order valence-corrected chi connectivity index (χ1v) is 8.58. The van der Waals surface area contributed by atoms with Crippen LogP contribution in [0.5, 0.6) is 0 Å². The SMILES string of the molecule is Cc1cccc(CN2CCCCC2C(=O)Nc2c(C)noc2C)c1. The van der Waals surface area contributed by atoms with Crippen molar-refractivity contribution in [3.63, 3.8) is 0 Å². The Morgan fingerprint density at radius 2 is 2.17 bits per heavy atom. The summed E-state index contributed by atoms with van der Waals surface area (Å²) in [6.45, 7) is 7.52. The van der Waals surface area contributed by atoms with Gasteiger partial charge in [0.2, 0.25) is 5.91 Å². The molecule has 24 heavy (non-hydrogen) atoms. The van der Waals surface area contributed by atoms with Gasteiger partial charge >= 0.3 is 0 Å². The number of likely N-dealkylation sites (tertiary alicyclic amines) is 1. The zero-order valence-electron chi connectivity index (χ0n) is 14.6. The first-order valence-electron chi connectivity index (χ1n) is 8.58. The van der Waals surface area contributed by atoms with Crippen LogP contribution in [0.2, 0.25) is 0 Å². The maximum Gasteiger partial charge on any atom is 0.241 e. The van der Waals surface area contributed by atoms with Gasteiger partial charge in [0.1, 0.15) is 11.4 Å². The monoisotopic (exact) mass is 327 g/mol. The van der Waals surface area contributed by atoms with Crippen LogP contribution in [-0.4, -0.2) is 28.6 Å². The Labute approximate surface area is 143 Å². The standard InChI is InChI=1S/C19H25N3O2/c1-13-7-6-8-16(11-13)12-22-10-5-4-9-17(22)19(23)20-18-14(2)21-24-15(18)3/h6-8,11,17H,4-5,9-10,12H2,1-3H3,(H,20,23). The Morgan fingerprint density at radius 1 is 1.33 bits per heavy atom. The van der Waals surface area contributed by atoms with Crippen LogP contribution >= 0.6 is 0 Å². The van der Waals surface area contributed by atoms with Crippen molar-refractivity contribution in [3.05, 3.63) is 46.8 Å². The first kappa shape index (κ1) is 16.7. The van der Waals surface area contributed by atoms with Crippen LogP contribution in [0.3, 0.4) is 0 Å². The Hall–Kier alpha value is -2.14. The number of nitrogens with one attached hydrogen (secondary N) is 1. The molecule has 128 valence electrons. The van der Waals surface area contributed by atoms with Gasteiger partial charge in [-0.2, -0.15) is 0 Å². The van der Waals surface area contributed by atoms with E-state index in [1.165, 1.54) is 11.1 Å². The molecule has 1 saturated heterocycles. The fourth-order valence-electron chi connectivity index (χ4n) is 3.39. The van der Waals surface area contributed by atoms with E-state index in [1.54, 1.807) is 0 Å². The third-order valence-electron chi connectivity index (χ3n) is 4.67. The summed E-state index contributed by atoms with van der Waals surface area (Å²) >= 11 is 0. The van der Waals surface area contributed by atoms with E-state index in [2.05, 4.69) is 46.6 Å². The number of aryl methyl sites for hydroxylation is 3. The lowest BCUT2D eigenvalue weighted by molar-refractivity contribution is -0.122. The molecule has 1 aliphatic heterocycles. The predicted octanol–water partition coefficient (Wildman–Crippen LogP) is 3.59. The molecule has 1 fully saturated rings. The second-order valence-corrected chi connectivity index (χ2v) is 6.66. The van der Waals surface area contributed by atoms with Crippen LogP contribution in [0.4, 0.5) is 5.69 Å². The number of hydrogen-bond donors (Lipinski definition) is 1. The topological polar surface area (TPSA) is 58.4 Å². The Bertz CT molecular complexity index is 704. The Morgan fingerprint density at radius 3 is 2.88 bits per heavy atom. The molecular formula is C19H25N3O2. The highest BCUT2D eigenvalue weighted by molar-refractivity contribution is 5.95. The number of carbonyl (C=O) groups is 1. The van der Waals surface area contributed by atoms with Crippen LogP contribution in [0, 0.1) is 20.8 Å². The maximum atomic E-state index is 12.8. The van der Waals surface area contributed by atoms with E-state index in [0.717, 1.165) is 38.0 Å². The van der Waals surface area contributed by atoms with Gasteiger partial charge in [-0.15, -0.1) is 0 Å². The molecule has 2 aromatic rings. The molecule has 1 aromatic heterocycles. The van der Waals surface area contributed by atoms with Gasteiger partial charge in [0, 0.05) is 6.54 Å². The Balaban J connectivity index is 1.73. The van der Waals surface area contributed by atoms with Crippen LogP contribution in [0.15, 0.2) is 28.8 Å². The van der Waals surface area contributed by atoms with Crippen molar-refractivity contribution < 1.29 is 9.32 Å². The molecular weight excluding hydrogens is 302 g/mol. The van der Waals surface area contributed by atoms with Gasteiger partial charge in [0.15, 0.2) is 5.76 Å². The first-order chi connectivity index (χ1) is 11.5. The van der Waals surface area contributed by atoms with Gasteiger partial charge in [-0.25, -0.2) is 0 Å². The average Bonchev–Trinajstić information content (AvgIpc) is 2.87. The van der Waals surface area contributed by atoms with E-state index >= 15 is 0 Å². The second-order valence-electron chi connectivity index (χ2n) is 6.66. The quantitative estimate of drug-likeness (QED) is 0.932. The van der Waals surface area contributed by atoms with Crippen molar-refractivity contribution in [1.82, 2.24) is 10.1 Å².